The van der Waals surface area contributed by atoms with Crippen LogP contribution in [0.3, 0.4) is 0 Å². The monoisotopic (exact) mass is 192 g/mol. The second-order valence-electron chi connectivity index (χ2n) is 2.18. The Balaban J connectivity index is 0. The maximum Gasteiger partial charge on any atom is 0.236 e. The largest absolute Gasteiger partial charge is 0.480 e. The fraction of sp³-hybridized carbons (Fsp3) is 0.273. The lowest BCUT2D eigenvalue weighted by atomic mass is 10.3. The van der Waals surface area contributed by atoms with E-state index in [1.165, 1.54) is 0 Å². The van der Waals surface area contributed by atoms with Crippen molar-refractivity contribution in [1.82, 2.24) is 10.2 Å². The minimum atomic E-state index is 0.602. The Labute approximate surface area is 85.8 Å². The van der Waals surface area contributed by atoms with Crippen molar-refractivity contribution in [2.45, 2.75) is 13.8 Å². The van der Waals surface area contributed by atoms with E-state index in [1.807, 2.05) is 19.9 Å². The van der Waals surface area contributed by atoms with Gasteiger partial charge in [-0.1, -0.05) is 0 Å². The van der Waals surface area contributed by atoms with Crippen molar-refractivity contribution in [3.05, 3.63) is 30.5 Å². The van der Waals surface area contributed by atoms with E-state index in [0.717, 1.165) is 11.3 Å². The normalized spacial score (nSPS) is 7.21. The number of nitrogens with zero attached hydrogens (tertiary/aromatic N) is 2. The summed E-state index contributed by atoms with van der Waals surface area (Å²) in [4.78, 5) is 0. The molecule has 0 aromatic carbocycles. The van der Waals surface area contributed by atoms with Crippen LogP contribution in [-0.2, 0) is 0 Å². The molecule has 0 N–H and O–H groups in total. The van der Waals surface area contributed by atoms with Gasteiger partial charge in [-0.3, -0.25) is 0 Å². The van der Waals surface area contributed by atoms with Crippen LogP contribution in [0.1, 0.15) is 11.3 Å². The number of aryl methyl sites for hydroxylation is 2. The molecule has 0 saturated carbocycles. The van der Waals surface area contributed by atoms with Gasteiger partial charge < -0.3 is 4.74 Å². The molecule has 76 valence electrons. The Morgan fingerprint density at radius 3 is 2.07 bits per heavy atom. The number of ether oxygens (including phenoxy) is 1. The molecule has 1 heterocycles. The van der Waals surface area contributed by atoms with Gasteiger partial charge in [0, 0.05) is 5.56 Å². The smallest absolute Gasteiger partial charge is 0.236 e. The number of rotatable bonds is 1. The van der Waals surface area contributed by atoms with Crippen molar-refractivity contribution in [3.63, 3.8) is 0 Å². The molecule has 0 unspecified atom stereocenters. The van der Waals surface area contributed by atoms with E-state index in [2.05, 4.69) is 36.2 Å². The molecule has 0 fully saturated rings. The highest BCUT2D eigenvalue weighted by Gasteiger charge is 1.98. The average molecular weight is 192 g/mol. The van der Waals surface area contributed by atoms with Crippen molar-refractivity contribution in [2.75, 3.05) is 7.11 Å². The fourth-order valence-corrected chi connectivity index (χ4v) is 0.809. The van der Waals surface area contributed by atoms with Gasteiger partial charge >= 0.3 is 0 Å². The molecule has 0 spiro atoms. The predicted molar refractivity (Wildman–Crippen MR) is 59.2 cm³/mol. The molecule has 0 radical (unpaired) electrons. The minimum Gasteiger partial charge on any atom is -0.480 e. The summed E-state index contributed by atoms with van der Waals surface area (Å²) in [5, 5.41) is 7.66. The number of methoxy groups -OCH3 is 1. The number of hydrogen-bond acceptors (Lipinski definition) is 3. The Hall–Kier alpha value is -1.82. The molecule has 0 aliphatic rings. The van der Waals surface area contributed by atoms with E-state index < -0.39 is 0 Å². The van der Waals surface area contributed by atoms with Crippen LogP contribution in [0.25, 0.3) is 0 Å². The Kier molecular flexibility index (Phi) is 9.73. The summed E-state index contributed by atoms with van der Waals surface area (Å²) < 4.78 is 4.93. The quantitative estimate of drug-likeness (QED) is 0.505. The van der Waals surface area contributed by atoms with Gasteiger partial charge in [0.25, 0.3) is 0 Å². The van der Waals surface area contributed by atoms with Gasteiger partial charge in [0.2, 0.25) is 5.88 Å². The zero-order valence-electron chi connectivity index (χ0n) is 8.95. The lowest BCUT2D eigenvalue weighted by Gasteiger charge is -2.00. The highest BCUT2D eigenvalue weighted by Crippen LogP contribution is 2.11. The first-order valence-electron chi connectivity index (χ1n) is 3.92. The summed E-state index contributed by atoms with van der Waals surface area (Å²) in [5.41, 5.74) is 1.94. The van der Waals surface area contributed by atoms with Crippen LogP contribution in [0, 0.1) is 26.7 Å². The summed E-state index contributed by atoms with van der Waals surface area (Å²) in [6.07, 6.45) is 8.00. The second-order valence-corrected chi connectivity index (χ2v) is 2.18. The number of terminal acetylenes is 1. The molecule has 0 atom stereocenters. The minimum absolute atomic E-state index is 0.602. The third-order valence-electron chi connectivity index (χ3n) is 1.25. The van der Waals surface area contributed by atoms with Crippen LogP contribution >= 0.6 is 0 Å². The van der Waals surface area contributed by atoms with Crippen molar-refractivity contribution in [1.29, 1.82) is 0 Å². The van der Waals surface area contributed by atoms with Crippen LogP contribution in [-0.4, -0.2) is 17.3 Å². The van der Waals surface area contributed by atoms with E-state index in [4.69, 9.17) is 4.74 Å². The van der Waals surface area contributed by atoms with Crippen LogP contribution in [0.15, 0.2) is 19.2 Å². The number of aromatic nitrogens is 2. The molecule has 3 heteroatoms. The molecule has 3 nitrogen and oxygen atoms in total. The van der Waals surface area contributed by atoms with Crippen molar-refractivity contribution >= 4 is 0 Å². The van der Waals surface area contributed by atoms with Crippen LogP contribution in [0.5, 0.6) is 5.88 Å². The van der Waals surface area contributed by atoms with Crippen molar-refractivity contribution in [2.24, 2.45) is 0 Å². The topological polar surface area (TPSA) is 35.0 Å². The van der Waals surface area contributed by atoms with Gasteiger partial charge in [-0.15, -0.1) is 31.1 Å². The summed E-state index contributed by atoms with van der Waals surface area (Å²) in [6.45, 7) is 9.85. The summed E-state index contributed by atoms with van der Waals surface area (Å²) in [7, 11) is 1.59. The lowest BCUT2D eigenvalue weighted by Crippen LogP contribution is -1.94. The van der Waals surface area contributed by atoms with Gasteiger partial charge in [0.15, 0.2) is 0 Å². The zero-order valence-corrected chi connectivity index (χ0v) is 8.95. The molecule has 0 aliphatic carbocycles. The van der Waals surface area contributed by atoms with Crippen LogP contribution in [0.2, 0.25) is 0 Å². The molecule has 1 aromatic heterocycles. The molecule has 0 amide bonds. The fourth-order valence-electron chi connectivity index (χ4n) is 0.809. The van der Waals surface area contributed by atoms with E-state index in [-0.39, 0.29) is 0 Å². The van der Waals surface area contributed by atoms with Gasteiger partial charge in [0.1, 0.15) is 0 Å². The molecule has 1 aromatic rings. The molecule has 14 heavy (non-hydrogen) atoms. The maximum atomic E-state index is 4.93. The predicted octanol–water partition coefficient (Wildman–Crippen LogP) is 2.15. The molecule has 0 bridgehead atoms. The summed E-state index contributed by atoms with van der Waals surface area (Å²) >= 11 is 0. The molecular formula is C11H16N2O. The molecule has 1 rings (SSSR count). The van der Waals surface area contributed by atoms with Gasteiger partial charge in [-0.2, -0.15) is 5.10 Å². The van der Waals surface area contributed by atoms with Crippen LogP contribution < -0.4 is 4.74 Å². The Bertz CT molecular complexity index is 282. The third-order valence-corrected chi connectivity index (χ3v) is 1.25. The zero-order chi connectivity index (χ0) is 11.6. The first-order chi connectivity index (χ1) is 6.74. The average Bonchev–Trinajstić information content (AvgIpc) is 2.24. The van der Waals surface area contributed by atoms with Crippen LogP contribution in [0.4, 0.5) is 0 Å². The first-order valence-corrected chi connectivity index (χ1v) is 3.92. The van der Waals surface area contributed by atoms with E-state index in [9.17, 15) is 0 Å². The lowest BCUT2D eigenvalue weighted by molar-refractivity contribution is 0.388. The Morgan fingerprint density at radius 1 is 1.21 bits per heavy atom. The molecule has 0 aliphatic heterocycles. The standard InChI is InChI=1S/C7H10N2O.C2H4.C2H2/c1-5-4-6(2)8-9-7(5)10-3;2*1-2/h4H,1-3H3;1-2H2;1-2H. The van der Waals surface area contributed by atoms with Crippen molar-refractivity contribution < 1.29 is 4.74 Å². The van der Waals surface area contributed by atoms with E-state index in [0.29, 0.717) is 5.88 Å². The molecular weight excluding hydrogens is 176 g/mol. The van der Waals surface area contributed by atoms with Gasteiger partial charge in [0.05, 0.1) is 12.8 Å². The number of hydrogen-bond donors (Lipinski definition) is 0. The maximum absolute atomic E-state index is 4.93. The first kappa shape index (κ1) is 14.7. The van der Waals surface area contributed by atoms with Gasteiger partial charge in [-0.05, 0) is 19.9 Å². The Morgan fingerprint density at radius 2 is 1.71 bits per heavy atom. The SMILES string of the molecule is C#C.C=C.COc1nnc(C)cc1C. The summed E-state index contributed by atoms with van der Waals surface area (Å²) in [5.74, 6) is 0.602. The van der Waals surface area contributed by atoms with E-state index >= 15 is 0 Å². The second kappa shape index (κ2) is 9.27. The summed E-state index contributed by atoms with van der Waals surface area (Å²) in [6, 6.07) is 1.94. The van der Waals surface area contributed by atoms with E-state index in [1.54, 1.807) is 7.11 Å². The van der Waals surface area contributed by atoms with Crippen molar-refractivity contribution in [3.8, 4) is 18.7 Å². The highest BCUT2D eigenvalue weighted by atomic mass is 16.5. The molecule has 0 saturated heterocycles. The van der Waals surface area contributed by atoms with Gasteiger partial charge in [-0.25, -0.2) is 0 Å². The third kappa shape index (κ3) is 4.94. The highest BCUT2D eigenvalue weighted by molar-refractivity contribution is 5.23.